The van der Waals surface area contributed by atoms with Gasteiger partial charge in [0, 0.05) is 24.5 Å². The third-order valence-corrected chi connectivity index (χ3v) is 4.18. The molecule has 1 aromatic heterocycles. The highest BCUT2D eigenvalue weighted by atomic mass is 32.1. The molecule has 6 heteroatoms. The average Bonchev–Trinajstić information content (AvgIpc) is 2.96. The summed E-state index contributed by atoms with van der Waals surface area (Å²) in [6.07, 6.45) is 0. The van der Waals surface area contributed by atoms with E-state index in [1.54, 1.807) is 18.4 Å². The molecule has 106 valence electrons. The Labute approximate surface area is 121 Å². The van der Waals surface area contributed by atoms with Crippen molar-refractivity contribution < 1.29 is 9.47 Å². The second kappa shape index (κ2) is 5.68. The number of fused-ring (bicyclic) bond motifs is 1. The van der Waals surface area contributed by atoms with Gasteiger partial charge in [-0.25, -0.2) is 4.98 Å². The summed E-state index contributed by atoms with van der Waals surface area (Å²) in [7, 11) is 1.66. The second-order valence-corrected chi connectivity index (χ2v) is 5.77. The summed E-state index contributed by atoms with van der Waals surface area (Å²) in [5.74, 6) is 1.70. The molecule has 0 fully saturated rings. The van der Waals surface area contributed by atoms with E-state index in [2.05, 4.69) is 9.88 Å². The summed E-state index contributed by atoms with van der Waals surface area (Å²) in [5, 5.41) is 0.670. The van der Waals surface area contributed by atoms with Crippen molar-refractivity contribution in [1.29, 1.82) is 0 Å². The minimum atomic E-state index is 0.663. The Bertz CT molecular complexity index is 559. The van der Waals surface area contributed by atoms with E-state index in [-0.39, 0.29) is 0 Å². The van der Waals surface area contributed by atoms with Crippen LogP contribution in [0.1, 0.15) is 10.6 Å². The zero-order chi connectivity index (χ0) is 13.9. The molecule has 5 nitrogen and oxygen atoms in total. The van der Waals surface area contributed by atoms with E-state index in [4.69, 9.17) is 15.2 Å². The molecular weight excluding hydrogens is 274 g/mol. The van der Waals surface area contributed by atoms with Crippen molar-refractivity contribution in [2.75, 3.05) is 26.0 Å². The van der Waals surface area contributed by atoms with E-state index < -0.39 is 0 Å². The van der Waals surface area contributed by atoms with Crippen LogP contribution in [-0.2, 0) is 13.1 Å². The largest absolute Gasteiger partial charge is 0.497 e. The number of nitrogens with zero attached hydrogens (tertiary/aromatic N) is 2. The summed E-state index contributed by atoms with van der Waals surface area (Å²) in [6.45, 7) is 3.34. The summed E-state index contributed by atoms with van der Waals surface area (Å²) in [4.78, 5) is 7.93. The monoisotopic (exact) mass is 291 g/mol. The number of aromatic nitrogens is 1. The van der Waals surface area contributed by atoms with Crippen LogP contribution in [0.3, 0.4) is 0 Å². The molecule has 0 atom stereocenters. The molecule has 0 saturated heterocycles. The minimum Gasteiger partial charge on any atom is -0.497 e. The number of hydrogen-bond donors (Lipinski definition) is 1. The molecule has 2 aromatic rings. The number of rotatable bonds is 5. The molecule has 1 aromatic carbocycles. The molecule has 0 spiro atoms. The lowest BCUT2D eigenvalue weighted by molar-refractivity contribution is 0.211. The first-order valence-corrected chi connectivity index (χ1v) is 7.29. The van der Waals surface area contributed by atoms with Gasteiger partial charge in [0.15, 0.2) is 5.13 Å². The van der Waals surface area contributed by atoms with Gasteiger partial charge in [0.2, 0.25) is 0 Å². The molecule has 1 aliphatic rings. The first-order valence-electron chi connectivity index (χ1n) is 6.48. The summed E-state index contributed by atoms with van der Waals surface area (Å²) in [6, 6.07) is 7.63. The van der Waals surface area contributed by atoms with Crippen LogP contribution >= 0.6 is 11.3 Å². The fourth-order valence-corrected chi connectivity index (χ4v) is 3.13. The van der Waals surface area contributed by atoms with E-state index in [1.165, 1.54) is 4.88 Å². The van der Waals surface area contributed by atoms with Crippen LogP contribution in [0.25, 0.3) is 0 Å². The van der Waals surface area contributed by atoms with Crippen molar-refractivity contribution in [3.8, 4) is 11.5 Å². The average molecular weight is 291 g/mol. The number of nitrogens with two attached hydrogens (primary N) is 1. The maximum atomic E-state index is 5.73. The summed E-state index contributed by atoms with van der Waals surface area (Å²) in [5.41, 5.74) is 6.81. The molecule has 0 aliphatic carbocycles. The Balaban J connectivity index is 1.45. The number of ether oxygens (including phenoxy) is 2. The van der Waals surface area contributed by atoms with Gasteiger partial charge in [-0.05, 0) is 24.3 Å². The number of anilines is 1. The predicted octanol–water partition coefficient (Wildman–Crippen LogP) is 2.13. The lowest BCUT2D eigenvalue weighted by atomic mass is 10.3. The zero-order valence-corrected chi connectivity index (χ0v) is 12.2. The molecule has 2 heterocycles. The molecule has 0 unspecified atom stereocenters. The van der Waals surface area contributed by atoms with Crippen LogP contribution in [0.5, 0.6) is 11.5 Å². The smallest absolute Gasteiger partial charge is 0.180 e. The SMILES string of the molecule is COc1ccc(OCCN2Cc3nc(N)sc3C2)cc1. The standard InChI is InChI=1S/C14H17N3O2S/c1-18-10-2-4-11(5-3-10)19-7-6-17-8-12-13(9-17)20-14(15)16-12/h2-5H,6-9H2,1H3,(H2,15,16). The van der Waals surface area contributed by atoms with Crippen LogP contribution in [0.2, 0.25) is 0 Å². The molecular formula is C14H17N3O2S. The van der Waals surface area contributed by atoms with Gasteiger partial charge < -0.3 is 15.2 Å². The molecule has 0 saturated carbocycles. The Hall–Kier alpha value is -1.79. The van der Waals surface area contributed by atoms with Crippen molar-refractivity contribution >= 4 is 16.5 Å². The van der Waals surface area contributed by atoms with Gasteiger partial charge in [-0.1, -0.05) is 0 Å². The Morgan fingerprint density at radius 3 is 2.70 bits per heavy atom. The van der Waals surface area contributed by atoms with Gasteiger partial charge >= 0.3 is 0 Å². The van der Waals surface area contributed by atoms with Gasteiger partial charge in [0.05, 0.1) is 12.8 Å². The van der Waals surface area contributed by atoms with E-state index in [1.807, 2.05) is 24.3 Å². The third-order valence-electron chi connectivity index (χ3n) is 3.27. The van der Waals surface area contributed by atoms with Gasteiger partial charge in [0.1, 0.15) is 18.1 Å². The Morgan fingerprint density at radius 2 is 2.00 bits per heavy atom. The molecule has 0 amide bonds. The van der Waals surface area contributed by atoms with Crippen molar-refractivity contribution in [3.05, 3.63) is 34.8 Å². The third kappa shape index (κ3) is 2.86. The molecule has 0 bridgehead atoms. The lowest BCUT2D eigenvalue weighted by Crippen LogP contribution is -2.23. The topological polar surface area (TPSA) is 60.6 Å². The Kier molecular flexibility index (Phi) is 3.75. The fourth-order valence-electron chi connectivity index (χ4n) is 2.24. The maximum Gasteiger partial charge on any atom is 0.180 e. The van der Waals surface area contributed by atoms with Crippen molar-refractivity contribution in [2.45, 2.75) is 13.1 Å². The molecule has 1 aliphatic heterocycles. The van der Waals surface area contributed by atoms with E-state index in [9.17, 15) is 0 Å². The Morgan fingerprint density at radius 1 is 1.25 bits per heavy atom. The van der Waals surface area contributed by atoms with Crippen LogP contribution in [0, 0.1) is 0 Å². The number of thiazole rings is 1. The zero-order valence-electron chi connectivity index (χ0n) is 11.3. The molecule has 20 heavy (non-hydrogen) atoms. The van der Waals surface area contributed by atoms with Crippen LogP contribution < -0.4 is 15.2 Å². The number of hydrogen-bond acceptors (Lipinski definition) is 6. The molecule has 0 radical (unpaired) electrons. The fraction of sp³-hybridized carbons (Fsp3) is 0.357. The van der Waals surface area contributed by atoms with Gasteiger partial charge in [-0.2, -0.15) is 0 Å². The molecule has 3 rings (SSSR count). The van der Waals surface area contributed by atoms with Crippen molar-refractivity contribution in [3.63, 3.8) is 0 Å². The number of benzene rings is 1. The van der Waals surface area contributed by atoms with Gasteiger partial charge in [-0.15, -0.1) is 11.3 Å². The van der Waals surface area contributed by atoms with Crippen molar-refractivity contribution in [2.24, 2.45) is 0 Å². The normalized spacial score (nSPS) is 14.2. The molecule has 2 N–H and O–H groups in total. The quantitative estimate of drug-likeness (QED) is 0.914. The first kappa shape index (κ1) is 13.2. The predicted molar refractivity (Wildman–Crippen MR) is 79.1 cm³/mol. The first-order chi connectivity index (χ1) is 9.74. The highest BCUT2D eigenvalue weighted by Crippen LogP contribution is 2.29. The van der Waals surface area contributed by atoms with E-state index >= 15 is 0 Å². The minimum absolute atomic E-state index is 0.663. The van der Waals surface area contributed by atoms with E-state index in [0.29, 0.717) is 11.7 Å². The highest BCUT2D eigenvalue weighted by molar-refractivity contribution is 7.15. The second-order valence-electron chi connectivity index (χ2n) is 4.66. The van der Waals surface area contributed by atoms with Crippen LogP contribution in [0.4, 0.5) is 5.13 Å². The summed E-state index contributed by atoms with van der Waals surface area (Å²) < 4.78 is 10.8. The maximum absolute atomic E-state index is 5.73. The van der Waals surface area contributed by atoms with Gasteiger partial charge in [0.25, 0.3) is 0 Å². The summed E-state index contributed by atoms with van der Waals surface area (Å²) >= 11 is 1.58. The van der Waals surface area contributed by atoms with E-state index in [0.717, 1.165) is 36.8 Å². The van der Waals surface area contributed by atoms with Crippen LogP contribution in [-0.4, -0.2) is 30.1 Å². The highest BCUT2D eigenvalue weighted by Gasteiger charge is 2.22. The number of methoxy groups -OCH3 is 1. The van der Waals surface area contributed by atoms with Crippen molar-refractivity contribution in [1.82, 2.24) is 9.88 Å². The van der Waals surface area contributed by atoms with Crippen LogP contribution in [0.15, 0.2) is 24.3 Å². The lowest BCUT2D eigenvalue weighted by Gasteiger charge is -2.15. The number of nitrogen functional groups attached to an aromatic ring is 1. The van der Waals surface area contributed by atoms with Gasteiger partial charge in [-0.3, -0.25) is 4.90 Å².